The van der Waals surface area contributed by atoms with Gasteiger partial charge in [-0.3, -0.25) is 9.59 Å². The summed E-state index contributed by atoms with van der Waals surface area (Å²) in [5.74, 6) is 1.45. The Morgan fingerprint density at radius 3 is 1.91 bits per heavy atom. The second-order valence-electron chi connectivity index (χ2n) is 8.07. The zero-order valence-corrected chi connectivity index (χ0v) is 20.9. The Balaban J connectivity index is 3.50. The zero-order chi connectivity index (χ0) is 23.9. The SMILES string of the molecule is CCCSC[C@H](N)C(=O)NCCCC[C@H](N)C(=O)NCCCNCCCCNCCCN. The Kier molecular flexibility index (Phi) is 22.6. The van der Waals surface area contributed by atoms with Gasteiger partial charge in [0.15, 0.2) is 0 Å². The van der Waals surface area contributed by atoms with Gasteiger partial charge in [0.1, 0.15) is 0 Å². The van der Waals surface area contributed by atoms with Crippen LogP contribution in [0.5, 0.6) is 0 Å². The number of amides is 2. The summed E-state index contributed by atoms with van der Waals surface area (Å²) < 4.78 is 0. The molecule has 9 nitrogen and oxygen atoms in total. The molecular formula is C22H49N7O2S. The maximum Gasteiger partial charge on any atom is 0.237 e. The molecule has 0 heterocycles. The van der Waals surface area contributed by atoms with Gasteiger partial charge >= 0.3 is 0 Å². The number of hydrogen-bond acceptors (Lipinski definition) is 8. The van der Waals surface area contributed by atoms with Crippen molar-refractivity contribution in [3.05, 3.63) is 0 Å². The van der Waals surface area contributed by atoms with Crippen LogP contribution in [-0.4, -0.2) is 81.2 Å². The van der Waals surface area contributed by atoms with Crippen LogP contribution >= 0.6 is 11.8 Å². The van der Waals surface area contributed by atoms with Crippen LogP contribution in [0.15, 0.2) is 0 Å². The van der Waals surface area contributed by atoms with Gasteiger partial charge in [0.05, 0.1) is 12.1 Å². The van der Waals surface area contributed by atoms with Gasteiger partial charge < -0.3 is 38.5 Å². The molecule has 0 spiro atoms. The van der Waals surface area contributed by atoms with E-state index in [1.54, 1.807) is 11.8 Å². The van der Waals surface area contributed by atoms with E-state index in [1.165, 1.54) is 0 Å². The molecule has 0 fully saturated rings. The van der Waals surface area contributed by atoms with Gasteiger partial charge in [0.2, 0.25) is 11.8 Å². The highest BCUT2D eigenvalue weighted by Gasteiger charge is 2.14. The molecule has 0 aliphatic rings. The minimum atomic E-state index is -0.502. The van der Waals surface area contributed by atoms with Crippen molar-refractivity contribution in [1.29, 1.82) is 0 Å². The highest BCUT2D eigenvalue weighted by molar-refractivity contribution is 7.99. The molecule has 10 N–H and O–H groups in total. The van der Waals surface area contributed by atoms with Crippen LogP contribution in [0.4, 0.5) is 0 Å². The van der Waals surface area contributed by atoms with Crippen molar-refractivity contribution in [3.63, 3.8) is 0 Å². The van der Waals surface area contributed by atoms with Gasteiger partial charge in [0.25, 0.3) is 0 Å². The number of thioether (sulfide) groups is 1. The van der Waals surface area contributed by atoms with Crippen molar-refractivity contribution in [1.82, 2.24) is 21.3 Å². The highest BCUT2D eigenvalue weighted by atomic mass is 32.2. The molecule has 0 aromatic carbocycles. The van der Waals surface area contributed by atoms with E-state index in [2.05, 4.69) is 28.2 Å². The molecule has 0 saturated heterocycles. The summed E-state index contributed by atoms with van der Waals surface area (Å²) in [7, 11) is 0. The van der Waals surface area contributed by atoms with Gasteiger partial charge in [-0.1, -0.05) is 6.92 Å². The highest BCUT2D eigenvalue weighted by Crippen LogP contribution is 2.04. The van der Waals surface area contributed by atoms with E-state index < -0.39 is 12.1 Å². The number of carbonyl (C=O) groups excluding carboxylic acids is 2. The number of hydrogen-bond donors (Lipinski definition) is 7. The Morgan fingerprint density at radius 1 is 0.750 bits per heavy atom. The molecule has 0 aliphatic heterocycles. The quantitative estimate of drug-likeness (QED) is 0.101. The van der Waals surface area contributed by atoms with Gasteiger partial charge in [-0.05, 0) is 89.8 Å². The summed E-state index contributed by atoms with van der Waals surface area (Å²) in [5.41, 5.74) is 17.3. The van der Waals surface area contributed by atoms with Crippen molar-refractivity contribution < 1.29 is 9.59 Å². The van der Waals surface area contributed by atoms with E-state index in [-0.39, 0.29) is 11.8 Å². The number of nitrogens with two attached hydrogens (primary N) is 3. The number of rotatable bonds is 23. The van der Waals surface area contributed by atoms with E-state index in [1.807, 2.05) is 0 Å². The van der Waals surface area contributed by atoms with Crippen molar-refractivity contribution in [2.45, 2.75) is 70.4 Å². The first-order valence-electron chi connectivity index (χ1n) is 12.3. The molecule has 0 radical (unpaired) electrons. The third-order valence-corrected chi connectivity index (χ3v) is 6.20. The fourth-order valence-electron chi connectivity index (χ4n) is 2.93. The maximum absolute atomic E-state index is 12.1. The van der Waals surface area contributed by atoms with Gasteiger partial charge in [-0.15, -0.1) is 0 Å². The zero-order valence-electron chi connectivity index (χ0n) is 20.1. The van der Waals surface area contributed by atoms with Gasteiger partial charge in [-0.25, -0.2) is 0 Å². The maximum atomic E-state index is 12.1. The van der Waals surface area contributed by atoms with E-state index in [9.17, 15) is 9.59 Å². The summed E-state index contributed by atoms with van der Waals surface area (Å²) in [6.45, 7) is 7.95. The summed E-state index contributed by atoms with van der Waals surface area (Å²) in [6, 6.07) is -0.962. The lowest BCUT2D eigenvalue weighted by atomic mass is 10.1. The molecule has 0 aromatic rings. The fraction of sp³-hybridized carbons (Fsp3) is 0.909. The van der Waals surface area contributed by atoms with E-state index in [0.29, 0.717) is 25.3 Å². The van der Waals surface area contributed by atoms with Crippen LogP contribution in [0.3, 0.4) is 0 Å². The molecule has 0 aliphatic carbocycles. The molecule has 2 atom stereocenters. The molecule has 10 heteroatoms. The van der Waals surface area contributed by atoms with Crippen LogP contribution < -0.4 is 38.5 Å². The van der Waals surface area contributed by atoms with Crippen molar-refractivity contribution in [2.24, 2.45) is 17.2 Å². The van der Waals surface area contributed by atoms with Gasteiger partial charge in [-0.2, -0.15) is 11.8 Å². The predicted octanol–water partition coefficient (Wildman–Crippen LogP) is -0.115. The Hall–Kier alpha value is -0.910. The van der Waals surface area contributed by atoms with Gasteiger partial charge in [0, 0.05) is 18.8 Å². The normalized spacial score (nSPS) is 13.0. The summed E-state index contributed by atoms with van der Waals surface area (Å²) in [6.07, 6.45) is 7.46. The molecule has 0 bridgehead atoms. The standard InChI is InChI=1S/C22H49N7O2S/c1-2-17-32-18-20(25)22(31)28-15-4-3-9-19(24)21(30)29-16-8-14-27-12-6-5-11-26-13-7-10-23/h19-20,26-27H,2-18,23-25H2,1H3,(H,28,31)(H,29,30)/t19-,20-/m0/s1. The minimum Gasteiger partial charge on any atom is -0.355 e. The first-order chi connectivity index (χ1) is 15.5. The lowest BCUT2D eigenvalue weighted by molar-refractivity contribution is -0.123. The van der Waals surface area contributed by atoms with E-state index in [0.717, 1.165) is 83.4 Å². The molecule has 32 heavy (non-hydrogen) atoms. The topological polar surface area (TPSA) is 160 Å². The first-order valence-corrected chi connectivity index (χ1v) is 13.4. The van der Waals surface area contributed by atoms with E-state index >= 15 is 0 Å². The Morgan fingerprint density at radius 2 is 1.28 bits per heavy atom. The average molecular weight is 476 g/mol. The van der Waals surface area contributed by atoms with Crippen LogP contribution in [0.1, 0.15) is 58.3 Å². The number of nitrogens with one attached hydrogen (secondary N) is 4. The van der Waals surface area contributed by atoms with Crippen LogP contribution in [0.2, 0.25) is 0 Å². The van der Waals surface area contributed by atoms with Crippen LogP contribution in [-0.2, 0) is 9.59 Å². The van der Waals surface area contributed by atoms with Crippen LogP contribution in [0.25, 0.3) is 0 Å². The minimum absolute atomic E-state index is 0.104. The van der Waals surface area contributed by atoms with Crippen molar-refractivity contribution in [3.8, 4) is 0 Å². The molecular weight excluding hydrogens is 426 g/mol. The monoisotopic (exact) mass is 475 g/mol. The molecule has 190 valence electrons. The lowest BCUT2D eigenvalue weighted by Gasteiger charge is -2.14. The Bertz CT molecular complexity index is 458. The summed E-state index contributed by atoms with van der Waals surface area (Å²) >= 11 is 1.70. The average Bonchev–Trinajstić information content (AvgIpc) is 2.79. The molecule has 0 unspecified atom stereocenters. The molecule has 0 saturated carbocycles. The third-order valence-electron chi connectivity index (χ3n) is 4.90. The fourth-order valence-corrected chi connectivity index (χ4v) is 3.79. The summed E-state index contributed by atoms with van der Waals surface area (Å²) in [4.78, 5) is 23.9. The first kappa shape index (κ1) is 31.1. The third kappa shape index (κ3) is 19.8. The molecule has 2 amide bonds. The molecule has 0 aromatic heterocycles. The van der Waals surface area contributed by atoms with Crippen molar-refractivity contribution >= 4 is 23.6 Å². The number of unbranched alkanes of at least 4 members (excludes halogenated alkanes) is 2. The van der Waals surface area contributed by atoms with Crippen molar-refractivity contribution in [2.75, 3.05) is 57.3 Å². The predicted molar refractivity (Wildman–Crippen MR) is 137 cm³/mol. The smallest absolute Gasteiger partial charge is 0.237 e. The second-order valence-corrected chi connectivity index (χ2v) is 9.22. The molecule has 0 rings (SSSR count). The van der Waals surface area contributed by atoms with E-state index in [4.69, 9.17) is 17.2 Å². The number of carbonyl (C=O) groups is 2. The second kappa shape index (κ2) is 23.3. The largest absolute Gasteiger partial charge is 0.355 e. The lowest BCUT2D eigenvalue weighted by Crippen LogP contribution is -2.43. The summed E-state index contributed by atoms with van der Waals surface area (Å²) in [5, 5.41) is 12.5. The van der Waals surface area contributed by atoms with Crippen LogP contribution in [0, 0.1) is 0 Å². The Labute approximate surface area is 199 Å².